The van der Waals surface area contributed by atoms with Crippen molar-refractivity contribution < 1.29 is 45.5 Å². The summed E-state index contributed by atoms with van der Waals surface area (Å²) in [6, 6.07) is 2.62. The molecule has 0 spiro atoms. The smallest absolute Gasteiger partial charge is 0.388 e. The maximum atomic E-state index is 13.9. The van der Waals surface area contributed by atoms with Crippen LogP contribution in [-0.2, 0) is 30.2 Å². The summed E-state index contributed by atoms with van der Waals surface area (Å²) in [6.07, 6.45) is -7.37. The lowest BCUT2D eigenvalue weighted by Gasteiger charge is -2.29. The number of morpholine rings is 1. The average molecular weight is 617 g/mol. The molecule has 5 rings (SSSR count). The number of hydrogen-bond donors (Lipinski definition) is 1. The van der Waals surface area contributed by atoms with Crippen LogP contribution < -0.4 is 4.90 Å². The monoisotopic (exact) mass is 616 g/mol. The number of pyridine rings is 1. The molecule has 17 heteroatoms. The van der Waals surface area contributed by atoms with Gasteiger partial charge < -0.3 is 19.3 Å². The van der Waals surface area contributed by atoms with Gasteiger partial charge in [-0.25, -0.2) is 4.68 Å². The maximum absolute atomic E-state index is 13.9. The Labute approximate surface area is 237 Å². The van der Waals surface area contributed by atoms with E-state index >= 15 is 0 Å². The molecule has 4 aromatic rings. The van der Waals surface area contributed by atoms with Crippen LogP contribution >= 0.6 is 11.6 Å². The van der Waals surface area contributed by atoms with E-state index in [0.717, 1.165) is 4.68 Å². The number of halogens is 7. The molecule has 1 N–H and O–H groups in total. The van der Waals surface area contributed by atoms with E-state index in [1.807, 2.05) is 0 Å². The lowest BCUT2D eigenvalue weighted by molar-refractivity contribution is -0.143. The summed E-state index contributed by atoms with van der Waals surface area (Å²) in [5, 5.41) is 21.8. The quantitative estimate of drug-likeness (QED) is 0.234. The van der Waals surface area contributed by atoms with E-state index in [2.05, 4.69) is 20.5 Å². The number of nitrogens with zero attached hydrogens (tertiary/aromatic N) is 6. The molecule has 0 bridgehead atoms. The number of aromatic nitrogens is 5. The number of rotatable bonds is 7. The number of carbonyl (C=O) groups excluding carboxylic acids is 1. The molecule has 0 aliphatic carbocycles. The Morgan fingerprint density at radius 2 is 1.71 bits per heavy atom. The molecule has 0 radical (unpaired) electrons. The fraction of sp³-hybridized carbons (Fsp3) is 0.320. The first-order valence-corrected chi connectivity index (χ1v) is 12.5. The van der Waals surface area contributed by atoms with Crippen LogP contribution in [0.1, 0.15) is 38.5 Å². The van der Waals surface area contributed by atoms with E-state index in [-0.39, 0.29) is 77.0 Å². The molecule has 0 saturated carbocycles. The van der Waals surface area contributed by atoms with Crippen molar-refractivity contribution >= 4 is 23.2 Å². The van der Waals surface area contributed by atoms with Gasteiger partial charge in [0.15, 0.2) is 17.3 Å². The maximum Gasteiger partial charge on any atom is 0.416 e. The Bertz CT molecular complexity index is 1580. The molecular formula is C25H19ClF6N6O4. The molecule has 4 heterocycles. The van der Waals surface area contributed by atoms with Gasteiger partial charge in [0, 0.05) is 31.0 Å². The van der Waals surface area contributed by atoms with E-state index in [1.54, 1.807) is 4.90 Å². The van der Waals surface area contributed by atoms with Crippen molar-refractivity contribution in [3.05, 3.63) is 75.4 Å². The number of ether oxygens (including phenoxy) is 1. The van der Waals surface area contributed by atoms with E-state index in [4.69, 9.17) is 20.9 Å². The molecule has 10 nitrogen and oxygen atoms in total. The van der Waals surface area contributed by atoms with Gasteiger partial charge in [0.05, 0.1) is 41.5 Å². The molecular weight excluding hydrogens is 598 g/mol. The van der Waals surface area contributed by atoms with Crippen molar-refractivity contribution in [1.82, 2.24) is 25.1 Å². The minimum Gasteiger partial charge on any atom is -0.388 e. The standard InChI is InChI=1S/C25H19ClF6N6O4/c26-17-1-2-33-10-16(17)20-19(18(12-39)42-35-20)22(40)21-23(37-3-5-41-6-4-37)38(36-34-21)11-13-7-14(24(27,28)29)9-15(8-13)25(30,31)32/h1-2,7-10,39H,3-6,11-12H2. The molecule has 1 aliphatic rings. The lowest BCUT2D eigenvalue weighted by atomic mass is 10.0. The van der Waals surface area contributed by atoms with E-state index in [9.17, 15) is 36.2 Å². The van der Waals surface area contributed by atoms with Crippen molar-refractivity contribution in [1.29, 1.82) is 0 Å². The normalized spacial score (nSPS) is 14.4. The molecule has 0 unspecified atom stereocenters. The minimum atomic E-state index is -5.05. The Morgan fingerprint density at radius 1 is 1.05 bits per heavy atom. The first kappa shape index (κ1) is 29.5. The van der Waals surface area contributed by atoms with Gasteiger partial charge in [0.1, 0.15) is 12.3 Å². The third-order valence-electron chi connectivity index (χ3n) is 6.37. The zero-order chi connectivity index (χ0) is 30.2. The molecule has 0 amide bonds. The third-order valence-corrected chi connectivity index (χ3v) is 6.70. The number of anilines is 1. The number of aliphatic hydroxyl groups is 1. The second-order valence-electron chi connectivity index (χ2n) is 9.10. The number of hydrogen-bond acceptors (Lipinski definition) is 9. The highest BCUT2D eigenvalue weighted by atomic mass is 35.5. The Kier molecular flexibility index (Phi) is 7.96. The fourth-order valence-electron chi connectivity index (χ4n) is 4.45. The SMILES string of the molecule is O=C(c1nnn(Cc2cc(C(F)(F)F)cc(C(F)(F)F)c2)c1N1CCOCC1)c1c(-c2cnccc2Cl)noc1CO. The molecule has 1 aromatic carbocycles. The highest BCUT2D eigenvalue weighted by molar-refractivity contribution is 6.33. The minimum absolute atomic E-state index is 0.0163. The van der Waals surface area contributed by atoms with Gasteiger partial charge in [-0.15, -0.1) is 5.10 Å². The number of carbonyl (C=O) groups is 1. The second kappa shape index (κ2) is 11.3. The van der Waals surface area contributed by atoms with Crippen molar-refractivity contribution in [3.63, 3.8) is 0 Å². The molecule has 222 valence electrons. The fourth-order valence-corrected chi connectivity index (χ4v) is 4.65. The predicted molar refractivity (Wildman–Crippen MR) is 133 cm³/mol. The first-order chi connectivity index (χ1) is 19.9. The third kappa shape index (κ3) is 5.82. The highest BCUT2D eigenvalue weighted by Gasteiger charge is 2.38. The van der Waals surface area contributed by atoms with E-state index in [0.29, 0.717) is 12.1 Å². The largest absolute Gasteiger partial charge is 0.416 e. The molecule has 1 saturated heterocycles. The van der Waals surface area contributed by atoms with Crippen LogP contribution in [-0.4, -0.2) is 62.3 Å². The van der Waals surface area contributed by atoms with Gasteiger partial charge in [-0.05, 0) is 29.8 Å². The Hall–Kier alpha value is -4.02. The zero-order valence-electron chi connectivity index (χ0n) is 21.2. The van der Waals surface area contributed by atoms with E-state index in [1.165, 1.54) is 18.5 Å². The molecule has 1 fully saturated rings. The van der Waals surface area contributed by atoms with Crippen molar-refractivity contribution in [2.24, 2.45) is 0 Å². The number of alkyl halides is 6. The predicted octanol–water partition coefficient (Wildman–Crippen LogP) is 4.63. The summed E-state index contributed by atoms with van der Waals surface area (Å²) < 4.78 is 92.4. The molecule has 42 heavy (non-hydrogen) atoms. The van der Waals surface area contributed by atoms with Gasteiger partial charge >= 0.3 is 12.4 Å². The number of aliphatic hydroxyl groups excluding tert-OH is 1. The summed E-state index contributed by atoms with van der Waals surface area (Å²) in [6.45, 7) is -0.475. The molecule has 1 aliphatic heterocycles. The van der Waals surface area contributed by atoms with Gasteiger partial charge in [-0.3, -0.25) is 9.78 Å². The topological polar surface area (TPSA) is 119 Å². The summed E-state index contributed by atoms with van der Waals surface area (Å²) >= 11 is 6.26. The molecule has 3 aromatic heterocycles. The van der Waals surface area contributed by atoms with Gasteiger partial charge in [0.2, 0.25) is 5.78 Å². The summed E-state index contributed by atoms with van der Waals surface area (Å²) in [5.41, 5.74) is -3.74. The zero-order valence-corrected chi connectivity index (χ0v) is 22.0. The molecule has 0 atom stereocenters. The average Bonchev–Trinajstić information content (AvgIpc) is 3.57. The van der Waals surface area contributed by atoms with Crippen LogP contribution in [0.4, 0.5) is 32.2 Å². The van der Waals surface area contributed by atoms with Crippen LogP contribution in [0.2, 0.25) is 5.02 Å². The van der Waals surface area contributed by atoms with Gasteiger partial charge in [-0.1, -0.05) is 22.0 Å². The van der Waals surface area contributed by atoms with Crippen molar-refractivity contribution in [3.8, 4) is 11.3 Å². The van der Waals surface area contributed by atoms with E-state index < -0.39 is 42.4 Å². The Balaban J connectivity index is 1.63. The summed E-state index contributed by atoms with van der Waals surface area (Å²) in [4.78, 5) is 19.5. The first-order valence-electron chi connectivity index (χ1n) is 12.2. The van der Waals surface area contributed by atoms with Crippen LogP contribution in [0, 0.1) is 0 Å². The number of benzene rings is 1. The summed E-state index contributed by atoms with van der Waals surface area (Å²) in [7, 11) is 0. The summed E-state index contributed by atoms with van der Waals surface area (Å²) in [5.74, 6) is -1.05. The van der Waals surface area contributed by atoms with Crippen LogP contribution in [0.3, 0.4) is 0 Å². The second-order valence-corrected chi connectivity index (χ2v) is 9.51. The van der Waals surface area contributed by atoms with Gasteiger partial charge in [0.25, 0.3) is 0 Å². The highest BCUT2D eigenvalue weighted by Crippen LogP contribution is 2.37. The van der Waals surface area contributed by atoms with Crippen molar-refractivity contribution in [2.75, 3.05) is 31.2 Å². The van der Waals surface area contributed by atoms with Crippen LogP contribution in [0.5, 0.6) is 0 Å². The van der Waals surface area contributed by atoms with Crippen molar-refractivity contribution in [2.45, 2.75) is 25.5 Å². The Morgan fingerprint density at radius 3 is 2.31 bits per heavy atom. The number of ketones is 1. The van der Waals surface area contributed by atoms with Gasteiger partial charge in [-0.2, -0.15) is 26.3 Å². The lowest BCUT2D eigenvalue weighted by Crippen LogP contribution is -2.38. The van der Waals surface area contributed by atoms with Crippen LogP contribution in [0.25, 0.3) is 11.3 Å². The van der Waals surface area contributed by atoms with Crippen LogP contribution in [0.15, 0.2) is 41.2 Å².